The van der Waals surface area contributed by atoms with Crippen molar-refractivity contribution < 1.29 is 9.53 Å². The van der Waals surface area contributed by atoms with Crippen LogP contribution in [0.1, 0.15) is 39.7 Å². The molecular weight excluding hydrogens is 362 g/mol. The highest BCUT2D eigenvalue weighted by molar-refractivity contribution is 7.18. The van der Waals surface area contributed by atoms with Gasteiger partial charge in [0, 0.05) is 4.88 Å². The summed E-state index contributed by atoms with van der Waals surface area (Å²) in [4.78, 5) is 33.4. The third-order valence-electron chi connectivity index (χ3n) is 3.96. The van der Waals surface area contributed by atoms with Crippen molar-refractivity contribution in [2.45, 2.75) is 26.9 Å². The molecule has 0 unspecified atom stereocenters. The first-order chi connectivity index (χ1) is 11.8. The van der Waals surface area contributed by atoms with Gasteiger partial charge in [0.2, 0.25) is 0 Å². The molecule has 0 aliphatic heterocycles. The molecule has 2 aromatic heterocycles. The summed E-state index contributed by atoms with van der Waals surface area (Å²) in [6.45, 7) is 5.48. The van der Waals surface area contributed by atoms with Gasteiger partial charge in [0.15, 0.2) is 11.9 Å². The number of H-pyrrole nitrogens is 1. The second kappa shape index (κ2) is 6.50. The molecule has 0 saturated heterocycles. The van der Waals surface area contributed by atoms with Gasteiger partial charge in [-0.15, -0.1) is 11.3 Å². The summed E-state index contributed by atoms with van der Waals surface area (Å²) in [6, 6.07) is 4.50. The van der Waals surface area contributed by atoms with Crippen LogP contribution in [-0.2, 0) is 4.74 Å². The van der Waals surface area contributed by atoms with Crippen LogP contribution in [-0.4, -0.2) is 15.9 Å². The van der Waals surface area contributed by atoms with Crippen LogP contribution in [0.25, 0.3) is 10.2 Å². The summed E-state index contributed by atoms with van der Waals surface area (Å²) >= 11 is 7.29. The van der Waals surface area contributed by atoms with Crippen LogP contribution in [0.15, 0.2) is 23.0 Å². The Morgan fingerprint density at radius 2 is 2.12 bits per heavy atom. The number of nitrogens with two attached hydrogens (primary N) is 1. The number of aromatic nitrogens is 2. The molecule has 0 bridgehead atoms. The van der Waals surface area contributed by atoms with Gasteiger partial charge >= 0.3 is 5.97 Å². The number of hydrogen-bond acceptors (Lipinski definition) is 6. The van der Waals surface area contributed by atoms with Gasteiger partial charge < -0.3 is 15.5 Å². The average molecular weight is 378 g/mol. The maximum Gasteiger partial charge on any atom is 0.338 e. The van der Waals surface area contributed by atoms with Gasteiger partial charge in [0.1, 0.15) is 4.83 Å². The standard InChI is InChI=1S/C17H16ClN3O3S/c1-7-9(3)25-16-13(7)15(22)20-14(21-16)8(2)24-17(23)10-4-5-11(18)12(19)6-10/h4-6,8H,19H2,1-3H3,(H,20,21,22)/t8-/m0/s1. The molecule has 0 fully saturated rings. The van der Waals surface area contributed by atoms with E-state index in [9.17, 15) is 9.59 Å². The van der Waals surface area contributed by atoms with Crippen molar-refractivity contribution in [1.82, 2.24) is 9.97 Å². The Balaban J connectivity index is 1.89. The third kappa shape index (κ3) is 3.25. The molecule has 2 heterocycles. The smallest absolute Gasteiger partial charge is 0.338 e. The van der Waals surface area contributed by atoms with Crippen molar-refractivity contribution in [3.8, 4) is 0 Å². The average Bonchev–Trinajstić information content (AvgIpc) is 2.84. The minimum absolute atomic E-state index is 0.236. The molecule has 3 N–H and O–H groups in total. The molecule has 1 atom stereocenters. The first-order valence-corrected chi connectivity index (χ1v) is 8.73. The highest BCUT2D eigenvalue weighted by atomic mass is 35.5. The summed E-state index contributed by atoms with van der Waals surface area (Å²) in [5, 5.41) is 0.944. The minimum Gasteiger partial charge on any atom is -0.451 e. The van der Waals surface area contributed by atoms with Gasteiger partial charge in [0.25, 0.3) is 5.56 Å². The van der Waals surface area contributed by atoms with Crippen LogP contribution in [0.3, 0.4) is 0 Å². The fourth-order valence-corrected chi connectivity index (χ4v) is 3.57. The monoisotopic (exact) mass is 377 g/mol. The molecule has 6 nitrogen and oxygen atoms in total. The molecule has 0 amide bonds. The molecule has 0 radical (unpaired) electrons. The molecule has 3 aromatic rings. The topological polar surface area (TPSA) is 98.1 Å². The van der Waals surface area contributed by atoms with Gasteiger partial charge in [-0.3, -0.25) is 4.79 Å². The van der Waals surface area contributed by atoms with Crippen LogP contribution < -0.4 is 11.3 Å². The molecule has 0 aliphatic rings. The zero-order valence-corrected chi connectivity index (χ0v) is 15.4. The van der Waals surface area contributed by atoms with Crippen molar-refractivity contribution in [1.29, 1.82) is 0 Å². The van der Waals surface area contributed by atoms with Crippen molar-refractivity contribution in [2.75, 3.05) is 5.73 Å². The molecule has 0 spiro atoms. The summed E-state index contributed by atoms with van der Waals surface area (Å²) in [5.41, 5.74) is 6.95. The Bertz CT molecular complexity index is 1040. The van der Waals surface area contributed by atoms with Gasteiger partial charge in [-0.05, 0) is 44.5 Å². The number of anilines is 1. The molecule has 25 heavy (non-hydrogen) atoms. The van der Waals surface area contributed by atoms with E-state index in [0.29, 0.717) is 26.8 Å². The largest absolute Gasteiger partial charge is 0.451 e. The summed E-state index contributed by atoms with van der Waals surface area (Å²) in [6.07, 6.45) is -0.718. The number of thiophene rings is 1. The predicted molar refractivity (Wildman–Crippen MR) is 99.4 cm³/mol. The predicted octanol–water partition coefficient (Wildman–Crippen LogP) is 3.76. The van der Waals surface area contributed by atoms with E-state index in [1.54, 1.807) is 6.92 Å². The first kappa shape index (κ1) is 17.4. The lowest BCUT2D eigenvalue weighted by Crippen LogP contribution is -2.17. The zero-order chi connectivity index (χ0) is 18.3. The molecule has 0 saturated carbocycles. The Labute approximate surface area is 152 Å². The quantitative estimate of drug-likeness (QED) is 0.535. The summed E-state index contributed by atoms with van der Waals surface area (Å²) in [7, 11) is 0. The van der Waals surface area contributed by atoms with Crippen molar-refractivity contribution >= 4 is 44.8 Å². The Morgan fingerprint density at radius 1 is 1.40 bits per heavy atom. The van der Waals surface area contributed by atoms with Crippen molar-refractivity contribution in [2.24, 2.45) is 0 Å². The Morgan fingerprint density at radius 3 is 2.80 bits per heavy atom. The number of benzene rings is 1. The highest BCUT2D eigenvalue weighted by Gasteiger charge is 2.19. The fourth-order valence-electron chi connectivity index (χ4n) is 2.42. The van der Waals surface area contributed by atoms with Gasteiger partial charge in [-0.25, -0.2) is 9.78 Å². The number of nitrogens with zero attached hydrogens (tertiary/aromatic N) is 1. The van der Waals surface area contributed by atoms with E-state index < -0.39 is 12.1 Å². The van der Waals surface area contributed by atoms with Gasteiger partial charge in [0.05, 0.1) is 21.7 Å². The number of halogens is 1. The van der Waals surface area contributed by atoms with E-state index in [0.717, 1.165) is 10.4 Å². The van der Waals surface area contributed by atoms with Crippen molar-refractivity contribution in [3.63, 3.8) is 0 Å². The third-order valence-corrected chi connectivity index (χ3v) is 5.40. The number of ether oxygens (including phenoxy) is 1. The lowest BCUT2D eigenvalue weighted by Gasteiger charge is -2.13. The lowest BCUT2D eigenvalue weighted by molar-refractivity contribution is 0.0320. The van der Waals surface area contributed by atoms with Crippen molar-refractivity contribution in [3.05, 3.63) is 55.4 Å². The van der Waals surface area contributed by atoms with E-state index in [1.165, 1.54) is 29.5 Å². The van der Waals surface area contributed by atoms with Gasteiger partial charge in [-0.1, -0.05) is 11.6 Å². The van der Waals surface area contributed by atoms with Crippen LogP contribution >= 0.6 is 22.9 Å². The number of aryl methyl sites for hydroxylation is 2. The number of nitrogen functional groups attached to an aromatic ring is 1. The SMILES string of the molecule is Cc1sc2nc([C@H](C)OC(=O)c3ccc(Cl)c(N)c3)[nH]c(=O)c2c1C. The van der Waals surface area contributed by atoms with Crippen LogP contribution in [0, 0.1) is 13.8 Å². The number of hydrogen-bond donors (Lipinski definition) is 2. The molecule has 1 aromatic carbocycles. The Hall–Kier alpha value is -2.38. The van der Waals surface area contributed by atoms with E-state index in [1.807, 2.05) is 13.8 Å². The first-order valence-electron chi connectivity index (χ1n) is 7.54. The zero-order valence-electron chi connectivity index (χ0n) is 13.8. The van der Waals surface area contributed by atoms with E-state index in [-0.39, 0.29) is 11.1 Å². The summed E-state index contributed by atoms with van der Waals surface area (Å²) in [5.74, 6) is -0.272. The summed E-state index contributed by atoms with van der Waals surface area (Å²) < 4.78 is 5.39. The number of nitrogens with one attached hydrogen (secondary N) is 1. The second-order valence-electron chi connectivity index (χ2n) is 5.70. The molecule has 130 valence electrons. The maximum absolute atomic E-state index is 12.3. The number of fused-ring (bicyclic) bond motifs is 1. The fraction of sp³-hybridized carbons (Fsp3) is 0.235. The van der Waals surface area contributed by atoms with E-state index in [4.69, 9.17) is 22.1 Å². The number of carbonyl (C=O) groups excluding carboxylic acids is 1. The van der Waals surface area contributed by atoms with Crippen LogP contribution in [0.4, 0.5) is 5.69 Å². The van der Waals surface area contributed by atoms with E-state index >= 15 is 0 Å². The normalized spacial score (nSPS) is 12.3. The number of rotatable bonds is 3. The molecular formula is C17H16ClN3O3S. The molecule has 0 aliphatic carbocycles. The minimum atomic E-state index is -0.718. The number of esters is 1. The lowest BCUT2D eigenvalue weighted by atomic mass is 10.2. The molecule has 8 heteroatoms. The highest BCUT2D eigenvalue weighted by Crippen LogP contribution is 2.27. The number of carbonyl (C=O) groups is 1. The van der Waals surface area contributed by atoms with Crippen LogP contribution in [0.5, 0.6) is 0 Å². The van der Waals surface area contributed by atoms with E-state index in [2.05, 4.69) is 9.97 Å². The second-order valence-corrected chi connectivity index (χ2v) is 7.31. The van der Waals surface area contributed by atoms with Gasteiger partial charge in [-0.2, -0.15) is 0 Å². The van der Waals surface area contributed by atoms with Crippen LogP contribution in [0.2, 0.25) is 5.02 Å². The molecule has 3 rings (SSSR count). The number of aromatic amines is 1. The Kier molecular flexibility index (Phi) is 4.53. The maximum atomic E-state index is 12.3.